The molecule has 0 saturated heterocycles. The van der Waals surface area contributed by atoms with Gasteiger partial charge in [0.1, 0.15) is 0 Å². The lowest BCUT2D eigenvalue weighted by Crippen LogP contribution is -2.49. The number of allylic oxidation sites excluding steroid dienone is 2. The Morgan fingerprint density at radius 2 is 1.87 bits per heavy atom. The lowest BCUT2D eigenvalue weighted by Gasteiger charge is -2.57. The Morgan fingerprint density at radius 1 is 1.13 bits per heavy atom. The van der Waals surface area contributed by atoms with Gasteiger partial charge in [-0.05, 0) is 54.8 Å². The van der Waals surface area contributed by atoms with Crippen molar-refractivity contribution in [1.82, 2.24) is 0 Å². The Labute approximate surface area is 139 Å². The number of carbonyl (C=O) groups is 1. The first-order valence-corrected chi connectivity index (χ1v) is 9.03. The van der Waals surface area contributed by atoms with E-state index in [0.717, 1.165) is 12.8 Å². The average Bonchev–Trinajstić information content (AvgIpc) is 2.41. The minimum atomic E-state index is -0.877. The molecule has 0 aromatic rings. The number of carboxylic acids is 1. The van der Waals surface area contributed by atoms with E-state index in [9.17, 15) is 15.0 Å². The van der Waals surface area contributed by atoms with Crippen LogP contribution in [0.3, 0.4) is 0 Å². The van der Waals surface area contributed by atoms with Gasteiger partial charge in [0.25, 0.3) is 0 Å². The first-order chi connectivity index (χ1) is 10.7. The average molecular weight is 318 g/mol. The highest BCUT2D eigenvalue weighted by molar-refractivity contribution is 5.86. The van der Waals surface area contributed by atoms with Gasteiger partial charge < -0.3 is 10.2 Å². The van der Waals surface area contributed by atoms with Crippen molar-refractivity contribution in [2.24, 2.45) is 22.7 Å². The molecule has 4 atom stereocenters. The summed E-state index contributed by atoms with van der Waals surface area (Å²) in [6.07, 6.45) is 10.3. The molecule has 128 valence electrons. The van der Waals surface area contributed by atoms with Gasteiger partial charge in [-0.1, -0.05) is 44.9 Å². The van der Waals surface area contributed by atoms with E-state index in [4.69, 9.17) is 0 Å². The Kier molecular flexibility index (Phi) is 4.20. The molecule has 3 aliphatic carbocycles. The molecule has 0 aromatic carbocycles. The third-order valence-electron chi connectivity index (χ3n) is 6.94. The zero-order chi connectivity index (χ0) is 16.8. The van der Waals surface area contributed by atoms with Crippen LogP contribution >= 0.6 is 0 Å². The van der Waals surface area contributed by atoms with Gasteiger partial charge in [-0.2, -0.15) is 0 Å². The highest BCUT2D eigenvalue weighted by Gasteiger charge is 2.52. The third kappa shape index (κ3) is 2.88. The number of aliphatic hydroxyl groups is 1. The number of hydrogen-bond acceptors (Lipinski definition) is 2. The van der Waals surface area contributed by atoms with E-state index in [1.54, 1.807) is 0 Å². The van der Waals surface area contributed by atoms with Crippen LogP contribution in [0.2, 0.25) is 0 Å². The molecule has 3 heteroatoms. The molecular formula is C20H30O3. The van der Waals surface area contributed by atoms with E-state index in [-0.39, 0.29) is 11.8 Å². The maximum absolute atomic E-state index is 11.4. The van der Waals surface area contributed by atoms with Crippen LogP contribution in [0.15, 0.2) is 23.3 Å². The molecule has 0 heterocycles. The predicted octanol–water partition coefficient (Wildman–Crippen LogP) is 4.32. The van der Waals surface area contributed by atoms with Crippen molar-refractivity contribution in [3.05, 3.63) is 23.3 Å². The second kappa shape index (κ2) is 5.77. The first-order valence-electron chi connectivity index (χ1n) is 9.03. The van der Waals surface area contributed by atoms with Crippen molar-refractivity contribution in [3.8, 4) is 0 Å². The zero-order valence-electron chi connectivity index (χ0n) is 14.6. The Balaban J connectivity index is 1.99. The van der Waals surface area contributed by atoms with Crippen LogP contribution in [-0.2, 0) is 4.79 Å². The van der Waals surface area contributed by atoms with Crippen LogP contribution in [0.1, 0.15) is 65.7 Å². The summed E-state index contributed by atoms with van der Waals surface area (Å²) in [5.41, 5.74) is 2.32. The van der Waals surface area contributed by atoms with Crippen LogP contribution < -0.4 is 0 Å². The minimum Gasteiger partial charge on any atom is -0.478 e. The molecule has 0 radical (unpaired) electrons. The summed E-state index contributed by atoms with van der Waals surface area (Å²) in [7, 11) is 0. The molecule has 1 saturated carbocycles. The fraction of sp³-hybridized carbons (Fsp3) is 0.750. The van der Waals surface area contributed by atoms with Gasteiger partial charge in [-0.3, -0.25) is 0 Å². The number of carboxylic acid groups (broad SMARTS) is 1. The summed E-state index contributed by atoms with van der Waals surface area (Å²) in [6.45, 7) is 7.20. The molecule has 0 bridgehead atoms. The summed E-state index contributed by atoms with van der Waals surface area (Å²) in [4.78, 5) is 11.4. The van der Waals surface area contributed by atoms with Crippen LogP contribution in [0, 0.1) is 22.7 Å². The number of aliphatic carboxylic acids is 1. The standard InChI is InChI=1S/C20H30O3/c1-19(2)9-4-10-20(3)16-7-5-14(18(22)23)12-15(21)11-13(16)6-8-17(19)20/h5-6,15-17,21H,4,7-12H2,1-3H3,(H,22,23)/b14-5+/t15-,16+,17+,20-/m1/s1. The van der Waals surface area contributed by atoms with Gasteiger partial charge in [0.15, 0.2) is 0 Å². The number of rotatable bonds is 1. The molecule has 0 amide bonds. The largest absolute Gasteiger partial charge is 0.478 e. The number of aliphatic hydroxyl groups excluding tert-OH is 1. The van der Waals surface area contributed by atoms with Crippen LogP contribution in [0.4, 0.5) is 0 Å². The second-order valence-corrected chi connectivity index (χ2v) is 8.80. The van der Waals surface area contributed by atoms with E-state index in [2.05, 4.69) is 26.8 Å². The van der Waals surface area contributed by atoms with E-state index >= 15 is 0 Å². The summed E-state index contributed by atoms with van der Waals surface area (Å²) < 4.78 is 0. The molecular weight excluding hydrogens is 288 g/mol. The predicted molar refractivity (Wildman–Crippen MR) is 91.0 cm³/mol. The van der Waals surface area contributed by atoms with Crippen molar-refractivity contribution in [2.75, 3.05) is 0 Å². The van der Waals surface area contributed by atoms with Gasteiger partial charge in [0.2, 0.25) is 0 Å². The fourth-order valence-electron chi connectivity index (χ4n) is 5.77. The maximum atomic E-state index is 11.4. The van der Waals surface area contributed by atoms with E-state index < -0.39 is 12.1 Å². The molecule has 3 nitrogen and oxygen atoms in total. The smallest absolute Gasteiger partial charge is 0.331 e. The zero-order valence-corrected chi connectivity index (χ0v) is 14.6. The van der Waals surface area contributed by atoms with Crippen LogP contribution in [-0.4, -0.2) is 22.3 Å². The van der Waals surface area contributed by atoms with Gasteiger partial charge >= 0.3 is 5.97 Å². The number of fused-ring (bicyclic) bond motifs is 3. The molecule has 1 fully saturated rings. The monoisotopic (exact) mass is 318 g/mol. The van der Waals surface area contributed by atoms with E-state index in [0.29, 0.717) is 29.2 Å². The second-order valence-electron chi connectivity index (χ2n) is 8.80. The van der Waals surface area contributed by atoms with Crippen molar-refractivity contribution in [2.45, 2.75) is 71.8 Å². The lowest BCUT2D eigenvalue weighted by atomic mass is 9.47. The van der Waals surface area contributed by atoms with Gasteiger partial charge in [0, 0.05) is 12.0 Å². The van der Waals surface area contributed by atoms with Crippen molar-refractivity contribution < 1.29 is 15.0 Å². The molecule has 3 rings (SSSR count). The minimum absolute atomic E-state index is 0.225. The van der Waals surface area contributed by atoms with Crippen LogP contribution in [0.5, 0.6) is 0 Å². The van der Waals surface area contributed by atoms with Crippen molar-refractivity contribution in [3.63, 3.8) is 0 Å². The van der Waals surface area contributed by atoms with Crippen molar-refractivity contribution in [1.29, 1.82) is 0 Å². The lowest BCUT2D eigenvalue weighted by molar-refractivity contribution is -0.133. The van der Waals surface area contributed by atoms with Gasteiger partial charge in [-0.25, -0.2) is 4.79 Å². The molecule has 0 spiro atoms. The van der Waals surface area contributed by atoms with Gasteiger partial charge in [0.05, 0.1) is 6.10 Å². The Morgan fingerprint density at radius 3 is 2.57 bits per heavy atom. The fourth-order valence-corrected chi connectivity index (χ4v) is 5.77. The Hall–Kier alpha value is -1.09. The number of hydrogen-bond donors (Lipinski definition) is 2. The van der Waals surface area contributed by atoms with E-state index in [1.165, 1.54) is 24.8 Å². The molecule has 0 unspecified atom stereocenters. The quantitative estimate of drug-likeness (QED) is 0.708. The summed E-state index contributed by atoms with van der Waals surface area (Å²) in [6, 6.07) is 0. The molecule has 2 N–H and O–H groups in total. The molecule has 23 heavy (non-hydrogen) atoms. The van der Waals surface area contributed by atoms with Crippen molar-refractivity contribution >= 4 is 5.97 Å². The maximum Gasteiger partial charge on any atom is 0.331 e. The molecule has 0 aliphatic heterocycles. The molecule has 0 aromatic heterocycles. The topological polar surface area (TPSA) is 57.5 Å². The highest BCUT2D eigenvalue weighted by atomic mass is 16.4. The van der Waals surface area contributed by atoms with Gasteiger partial charge in [-0.15, -0.1) is 0 Å². The summed E-state index contributed by atoms with van der Waals surface area (Å²) in [5.74, 6) is 0.152. The highest BCUT2D eigenvalue weighted by Crippen LogP contribution is 2.61. The first kappa shape index (κ1) is 16.8. The third-order valence-corrected chi connectivity index (χ3v) is 6.94. The Bertz CT molecular complexity index is 557. The molecule has 3 aliphatic rings. The summed E-state index contributed by atoms with van der Waals surface area (Å²) >= 11 is 0. The van der Waals surface area contributed by atoms with Crippen LogP contribution in [0.25, 0.3) is 0 Å². The normalized spacial score (nSPS) is 42.2. The van der Waals surface area contributed by atoms with E-state index in [1.807, 2.05) is 6.08 Å². The summed E-state index contributed by atoms with van der Waals surface area (Å²) in [5, 5.41) is 19.7. The SMILES string of the molecule is CC1(C)CCC[C@]2(C)[C@H]3C/C=C(/C(=O)O)C[C@H](O)CC3=CC[C@@H]12.